The summed E-state index contributed by atoms with van der Waals surface area (Å²) in [6, 6.07) is 1.86. The molecule has 5 nitrogen and oxygen atoms in total. The lowest BCUT2D eigenvalue weighted by atomic mass is 10.3. The van der Waals surface area contributed by atoms with Gasteiger partial charge in [-0.2, -0.15) is 0 Å². The Labute approximate surface area is 116 Å². The molecule has 108 valence electrons. The van der Waals surface area contributed by atoms with Crippen LogP contribution in [0.15, 0.2) is 17.0 Å². The fourth-order valence-corrected chi connectivity index (χ4v) is 3.06. The molecule has 0 saturated carbocycles. The number of rotatable bonds is 6. The van der Waals surface area contributed by atoms with Gasteiger partial charge in [-0.3, -0.25) is 0 Å². The number of nitrogen functional groups attached to an aromatic ring is 1. The molecule has 3 N–H and O–H groups in total. The number of nitrogens with one attached hydrogen (secondary N) is 1. The fraction of sp³-hybridized carbons (Fsp3) is 0.455. The molecule has 0 aliphatic heterocycles. The van der Waals surface area contributed by atoms with Crippen molar-refractivity contribution < 1.29 is 17.5 Å². The lowest BCUT2D eigenvalue weighted by Crippen LogP contribution is -2.32. The van der Waals surface area contributed by atoms with E-state index < -0.39 is 15.8 Å². The molecule has 1 unspecified atom stereocenters. The third-order valence-corrected chi connectivity index (χ3v) is 4.24. The molecule has 1 aromatic rings. The lowest BCUT2D eigenvalue weighted by Gasteiger charge is -2.14. The van der Waals surface area contributed by atoms with Crippen LogP contribution in [0.25, 0.3) is 0 Å². The Kier molecular flexibility index (Phi) is 5.54. The van der Waals surface area contributed by atoms with Crippen LogP contribution in [-0.2, 0) is 14.8 Å². The molecule has 1 rings (SSSR count). The molecule has 0 amide bonds. The van der Waals surface area contributed by atoms with Gasteiger partial charge in [0.25, 0.3) is 0 Å². The minimum Gasteiger partial charge on any atom is -0.396 e. The van der Waals surface area contributed by atoms with Gasteiger partial charge in [0.05, 0.1) is 16.8 Å². The number of hydrogen-bond donors (Lipinski definition) is 2. The second kappa shape index (κ2) is 6.51. The number of anilines is 1. The van der Waals surface area contributed by atoms with Gasteiger partial charge < -0.3 is 10.5 Å². The van der Waals surface area contributed by atoms with Gasteiger partial charge >= 0.3 is 0 Å². The molecule has 0 aliphatic carbocycles. The molecule has 0 aliphatic rings. The quantitative estimate of drug-likeness (QED) is 0.785. The number of benzene rings is 1. The van der Waals surface area contributed by atoms with Crippen LogP contribution in [-0.4, -0.2) is 27.7 Å². The SMILES string of the molecule is CCOC(C)CNS(=O)(=O)c1cc(N)c(F)cc1Cl. The van der Waals surface area contributed by atoms with E-state index >= 15 is 0 Å². The third kappa shape index (κ3) is 4.31. The number of halogens is 2. The minimum atomic E-state index is -3.85. The molecule has 0 heterocycles. The van der Waals surface area contributed by atoms with Crippen LogP contribution >= 0.6 is 11.6 Å². The van der Waals surface area contributed by atoms with E-state index in [2.05, 4.69) is 4.72 Å². The monoisotopic (exact) mass is 310 g/mol. The smallest absolute Gasteiger partial charge is 0.242 e. The van der Waals surface area contributed by atoms with Crippen molar-refractivity contribution in [2.45, 2.75) is 24.8 Å². The number of sulfonamides is 1. The van der Waals surface area contributed by atoms with Crippen molar-refractivity contribution >= 4 is 27.3 Å². The Morgan fingerprint density at radius 1 is 1.53 bits per heavy atom. The van der Waals surface area contributed by atoms with E-state index in [1.165, 1.54) is 0 Å². The van der Waals surface area contributed by atoms with Crippen molar-refractivity contribution in [1.29, 1.82) is 0 Å². The first kappa shape index (κ1) is 16.2. The standard InChI is InChI=1S/C11H16ClFN2O3S/c1-3-18-7(2)6-15-19(16,17)11-5-10(14)9(13)4-8(11)12/h4-5,7,15H,3,6,14H2,1-2H3. The molecule has 0 radical (unpaired) electrons. The molecule has 1 aromatic carbocycles. The fourth-order valence-electron chi connectivity index (χ4n) is 1.40. The summed E-state index contributed by atoms with van der Waals surface area (Å²) in [4.78, 5) is -0.253. The van der Waals surface area contributed by atoms with E-state index in [0.717, 1.165) is 12.1 Å². The topological polar surface area (TPSA) is 81.4 Å². The van der Waals surface area contributed by atoms with Crippen LogP contribution in [0.5, 0.6) is 0 Å². The van der Waals surface area contributed by atoms with Gasteiger partial charge in [-0.05, 0) is 26.0 Å². The largest absolute Gasteiger partial charge is 0.396 e. The summed E-state index contributed by atoms with van der Waals surface area (Å²) >= 11 is 5.72. The third-order valence-electron chi connectivity index (χ3n) is 2.35. The predicted octanol–water partition coefficient (Wildman–Crippen LogP) is 1.76. The molecule has 0 bridgehead atoms. The van der Waals surface area contributed by atoms with Crippen molar-refractivity contribution in [1.82, 2.24) is 4.72 Å². The van der Waals surface area contributed by atoms with Crippen LogP contribution in [0, 0.1) is 5.82 Å². The highest BCUT2D eigenvalue weighted by atomic mass is 35.5. The summed E-state index contributed by atoms with van der Waals surface area (Å²) in [6.07, 6.45) is -0.281. The average molecular weight is 311 g/mol. The molecular weight excluding hydrogens is 295 g/mol. The van der Waals surface area contributed by atoms with Crippen LogP contribution in [0.2, 0.25) is 5.02 Å². The Bertz CT molecular complexity index is 551. The molecule has 8 heteroatoms. The molecule has 1 atom stereocenters. The maximum atomic E-state index is 13.1. The van der Waals surface area contributed by atoms with E-state index in [0.29, 0.717) is 6.61 Å². The van der Waals surface area contributed by atoms with Gasteiger partial charge in [0, 0.05) is 13.2 Å². The lowest BCUT2D eigenvalue weighted by molar-refractivity contribution is 0.0799. The van der Waals surface area contributed by atoms with Crippen LogP contribution in [0.3, 0.4) is 0 Å². The highest BCUT2D eigenvalue weighted by Gasteiger charge is 2.20. The summed E-state index contributed by atoms with van der Waals surface area (Å²) < 4.78 is 44.6. The first-order valence-electron chi connectivity index (χ1n) is 5.63. The molecule has 0 aromatic heterocycles. The van der Waals surface area contributed by atoms with Gasteiger partial charge in [-0.1, -0.05) is 11.6 Å². The van der Waals surface area contributed by atoms with Crippen molar-refractivity contribution in [2.24, 2.45) is 0 Å². The molecular formula is C11H16ClFN2O3S. The second-order valence-corrected chi connectivity index (χ2v) is 6.06. The normalized spacial score (nSPS) is 13.5. The Balaban J connectivity index is 2.92. The van der Waals surface area contributed by atoms with E-state index in [-0.39, 0.29) is 28.3 Å². The van der Waals surface area contributed by atoms with Crippen molar-refractivity contribution in [2.75, 3.05) is 18.9 Å². The van der Waals surface area contributed by atoms with E-state index in [1.807, 2.05) is 6.92 Å². The first-order chi connectivity index (χ1) is 8.77. The summed E-state index contributed by atoms with van der Waals surface area (Å²) in [5.74, 6) is -0.758. The molecule has 0 fully saturated rings. The van der Waals surface area contributed by atoms with E-state index in [9.17, 15) is 12.8 Å². The highest BCUT2D eigenvalue weighted by molar-refractivity contribution is 7.89. The minimum absolute atomic E-state index is 0.0871. The van der Waals surface area contributed by atoms with Crippen LogP contribution < -0.4 is 10.5 Å². The molecule has 19 heavy (non-hydrogen) atoms. The summed E-state index contributed by atoms with van der Waals surface area (Å²) in [5.41, 5.74) is 5.06. The Hall–Kier alpha value is -0.890. The van der Waals surface area contributed by atoms with Gasteiger partial charge in [0.15, 0.2) is 0 Å². The average Bonchev–Trinajstić information content (AvgIpc) is 2.31. The zero-order valence-corrected chi connectivity index (χ0v) is 12.2. The number of ether oxygens (including phenoxy) is 1. The zero-order chi connectivity index (χ0) is 14.6. The van der Waals surface area contributed by atoms with Crippen LogP contribution in [0.4, 0.5) is 10.1 Å². The maximum Gasteiger partial charge on any atom is 0.242 e. The predicted molar refractivity (Wildman–Crippen MR) is 72.1 cm³/mol. The molecule has 0 saturated heterocycles. The van der Waals surface area contributed by atoms with E-state index in [1.54, 1.807) is 6.92 Å². The van der Waals surface area contributed by atoms with Gasteiger partial charge in [-0.25, -0.2) is 17.5 Å². The van der Waals surface area contributed by atoms with Crippen molar-refractivity contribution in [3.63, 3.8) is 0 Å². The summed E-state index contributed by atoms with van der Waals surface area (Å²) in [7, 11) is -3.85. The van der Waals surface area contributed by atoms with Gasteiger partial charge in [-0.15, -0.1) is 0 Å². The highest BCUT2D eigenvalue weighted by Crippen LogP contribution is 2.26. The van der Waals surface area contributed by atoms with Crippen molar-refractivity contribution in [3.8, 4) is 0 Å². The van der Waals surface area contributed by atoms with Gasteiger partial charge in [0.1, 0.15) is 10.7 Å². The summed E-state index contributed by atoms with van der Waals surface area (Å²) in [5, 5.41) is -0.219. The van der Waals surface area contributed by atoms with Gasteiger partial charge in [0.2, 0.25) is 10.0 Å². The molecule has 0 spiro atoms. The van der Waals surface area contributed by atoms with E-state index in [4.69, 9.17) is 22.1 Å². The second-order valence-electron chi connectivity index (χ2n) is 3.92. The van der Waals surface area contributed by atoms with Crippen molar-refractivity contribution in [3.05, 3.63) is 23.0 Å². The maximum absolute atomic E-state index is 13.1. The number of hydrogen-bond acceptors (Lipinski definition) is 4. The zero-order valence-electron chi connectivity index (χ0n) is 10.6. The Morgan fingerprint density at radius 3 is 2.74 bits per heavy atom. The summed E-state index contributed by atoms with van der Waals surface area (Å²) in [6.45, 7) is 4.10. The number of nitrogens with two attached hydrogens (primary N) is 1. The Morgan fingerprint density at radius 2 is 2.16 bits per heavy atom. The van der Waals surface area contributed by atoms with Crippen LogP contribution in [0.1, 0.15) is 13.8 Å². The first-order valence-corrected chi connectivity index (χ1v) is 7.49.